The number of carbonyl (C=O) groups excluding carboxylic acids is 1. The van der Waals surface area contributed by atoms with Crippen molar-refractivity contribution in [3.05, 3.63) is 35.9 Å². The first kappa shape index (κ1) is 18.2. The van der Waals surface area contributed by atoms with E-state index in [1.54, 1.807) is 0 Å². The van der Waals surface area contributed by atoms with Gasteiger partial charge < -0.3 is 15.2 Å². The van der Waals surface area contributed by atoms with Crippen LogP contribution in [0.25, 0.3) is 0 Å². The molecule has 23 heavy (non-hydrogen) atoms. The predicted octanol–water partition coefficient (Wildman–Crippen LogP) is 2.78. The van der Waals surface area contributed by atoms with Gasteiger partial charge in [-0.25, -0.2) is 4.79 Å². The second-order valence-corrected chi connectivity index (χ2v) is 6.49. The van der Waals surface area contributed by atoms with E-state index in [2.05, 4.69) is 5.32 Å². The zero-order valence-electron chi connectivity index (χ0n) is 13.4. The zero-order valence-corrected chi connectivity index (χ0v) is 14.2. The highest BCUT2D eigenvalue weighted by molar-refractivity contribution is 5.85. The maximum atomic E-state index is 12.8. The van der Waals surface area contributed by atoms with E-state index in [4.69, 9.17) is 4.74 Å². The van der Waals surface area contributed by atoms with Gasteiger partial charge in [0.1, 0.15) is 6.10 Å². The molecule has 1 aliphatic heterocycles. The number of hydrogen-bond donors (Lipinski definition) is 2. The van der Waals surface area contributed by atoms with Crippen molar-refractivity contribution >= 4 is 18.4 Å². The van der Waals surface area contributed by atoms with Crippen molar-refractivity contribution in [3.63, 3.8) is 0 Å². The molecular weight excluding hydrogens is 314 g/mol. The zero-order chi connectivity index (χ0) is 15.4. The van der Waals surface area contributed by atoms with E-state index in [1.165, 1.54) is 0 Å². The van der Waals surface area contributed by atoms with Gasteiger partial charge in [0.15, 0.2) is 5.60 Å². The average Bonchev–Trinajstić information content (AvgIpc) is 3.11. The van der Waals surface area contributed by atoms with E-state index in [0.29, 0.717) is 12.1 Å². The Morgan fingerprint density at radius 2 is 1.83 bits per heavy atom. The largest absolute Gasteiger partial charge is 0.459 e. The topological polar surface area (TPSA) is 58.6 Å². The molecule has 1 saturated heterocycles. The fourth-order valence-corrected chi connectivity index (χ4v) is 3.72. The minimum absolute atomic E-state index is 0. The van der Waals surface area contributed by atoms with Crippen molar-refractivity contribution in [2.45, 2.75) is 50.2 Å². The molecule has 2 aliphatic rings. The average molecular weight is 340 g/mol. The summed E-state index contributed by atoms with van der Waals surface area (Å²) in [5.74, 6) is -0.516. The lowest BCUT2D eigenvalue weighted by Gasteiger charge is -2.34. The molecule has 0 radical (unpaired) electrons. The number of esters is 1. The number of ether oxygens (including phenoxy) is 1. The lowest BCUT2D eigenvalue weighted by molar-refractivity contribution is -0.180. The summed E-state index contributed by atoms with van der Waals surface area (Å²) in [6, 6.07) is 9.29. The van der Waals surface area contributed by atoms with Gasteiger partial charge in [-0.2, -0.15) is 0 Å². The number of piperidine rings is 1. The first-order valence-corrected chi connectivity index (χ1v) is 8.41. The van der Waals surface area contributed by atoms with Crippen LogP contribution < -0.4 is 5.32 Å². The molecule has 2 fully saturated rings. The third kappa shape index (κ3) is 3.87. The molecule has 2 unspecified atom stereocenters. The number of aliphatic hydroxyl groups is 1. The Kier molecular flexibility index (Phi) is 6.45. The maximum Gasteiger partial charge on any atom is 0.343 e. The molecule has 0 bridgehead atoms. The maximum absolute atomic E-state index is 12.8. The minimum Gasteiger partial charge on any atom is -0.459 e. The fourth-order valence-electron chi connectivity index (χ4n) is 3.72. The summed E-state index contributed by atoms with van der Waals surface area (Å²) in [7, 11) is 0. The van der Waals surface area contributed by atoms with Gasteiger partial charge in [0.2, 0.25) is 0 Å². The second-order valence-electron chi connectivity index (χ2n) is 6.49. The standard InChI is InChI=1S/C18H25NO3.ClH/c20-17(22-16-11-6-12-19-13-16)18(21,15-9-4-5-10-15)14-7-2-1-3-8-14;/h1-3,7-8,15-16,19,21H,4-6,9-13H2;1H. The van der Waals surface area contributed by atoms with Crippen LogP contribution in [0.2, 0.25) is 0 Å². The number of carbonyl (C=O) groups is 1. The van der Waals surface area contributed by atoms with Crippen LogP contribution in [0.4, 0.5) is 0 Å². The summed E-state index contributed by atoms with van der Waals surface area (Å²) in [5, 5.41) is 14.5. The smallest absolute Gasteiger partial charge is 0.343 e. The van der Waals surface area contributed by atoms with Crippen LogP contribution in [0.5, 0.6) is 0 Å². The number of rotatable bonds is 4. The van der Waals surface area contributed by atoms with Gasteiger partial charge in [0.05, 0.1) is 0 Å². The first-order valence-electron chi connectivity index (χ1n) is 8.41. The fraction of sp³-hybridized carbons (Fsp3) is 0.611. The van der Waals surface area contributed by atoms with E-state index in [0.717, 1.165) is 45.1 Å². The Morgan fingerprint density at radius 3 is 2.43 bits per heavy atom. The Labute approximate surface area is 144 Å². The molecular formula is C18H26ClNO3. The SMILES string of the molecule is Cl.O=C(OC1CCCNC1)C(O)(c1ccccc1)C1CCCC1. The summed E-state index contributed by atoms with van der Waals surface area (Å²) in [5.41, 5.74) is -0.842. The van der Waals surface area contributed by atoms with Crippen molar-refractivity contribution in [2.24, 2.45) is 5.92 Å². The number of nitrogens with one attached hydrogen (secondary N) is 1. The monoisotopic (exact) mass is 339 g/mol. The van der Waals surface area contributed by atoms with Crippen molar-refractivity contribution in [1.29, 1.82) is 0 Å². The summed E-state index contributed by atoms with van der Waals surface area (Å²) >= 11 is 0. The Hall–Kier alpha value is -1.10. The molecule has 2 N–H and O–H groups in total. The Bertz CT molecular complexity index is 498. The first-order chi connectivity index (χ1) is 10.7. The van der Waals surface area contributed by atoms with Gasteiger partial charge in [-0.3, -0.25) is 0 Å². The van der Waals surface area contributed by atoms with E-state index >= 15 is 0 Å². The second kappa shape index (κ2) is 8.13. The van der Waals surface area contributed by atoms with Crippen LogP contribution in [-0.4, -0.2) is 30.3 Å². The van der Waals surface area contributed by atoms with Gasteiger partial charge in [0, 0.05) is 12.5 Å². The van der Waals surface area contributed by atoms with Gasteiger partial charge in [-0.05, 0) is 37.8 Å². The van der Waals surface area contributed by atoms with Crippen LogP contribution in [0.3, 0.4) is 0 Å². The highest BCUT2D eigenvalue weighted by Crippen LogP contribution is 2.41. The molecule has 1 aliphatic carbocycles. The van der Waals surface area contributed by atoms with Crippen molar-refractivity contribution in [2.75, 3.05) is 13.1 Å². The molecule has 1 saturated carbocycles. The van der Waals surface area contributed by atoms with E-state index in [-0.39, 0.29) is 24.4 Å². The molecule has 3 rings (SSSR count). The lowest BCUT2D eigenvalue weighted by atomic mass is 9.80. The van der Waals surface area contributed by atoms with Crippen molar-refractivity contribution in [1.82, 2.24) is 5.32 Å². The predicted molar refractivity (Wildman–Crippen MR) is 91.5 cm³/mol. The van der Waals surface area contributed by atoms with Gasteiger partial charge in [0.25, 0.3) is 0 Å². The molecule has 1 aromatic rings. The number of halogens is 1. The molecule has 128 valence electrons. The summed E-state index contributed by atoms with van der Waals surface area (Å²) in [6.07, 6.45) is 5.64. The van der Waals surface area contributed by atoms with Gasteiger partial charge in [-0.1, -0.05) is 43.2 Å². The molecule has 1 heterocycles. The van der Waals surface area contributed by atoms with E-state index < -0.39 is 11.6 Å². The number of hydrogen-bond acceptors (Lipinski definition) is 4. The Balaban J connectivity index is 0.00000192. The quantitative estimate of drug-likeness (QED) is 0.828. The molecule has 0 amide bonds. The van der Waals surface area contributed by atoms with E-state index in [1.807, 2.05) is 30.3 Å². The molecule has 1 aromatic carbocycles. The number of benzene rings is 1. The van der Waals surface area contributed by atoms with Crippen molar-refractivity contribution in [3.8, 4) is 0 Å². The molecule has 4 nitrogen and oxygen atoms in total. The Morgan fingerprint density at radius 1 is 1.13 bits per heavy atom. The molecule has 5 heteroatoms. The van der Waals surface area contributed by atoms with Crippen molar-refractivity contribution < 1.29 is 14.6 Å². The van der Waals surface area contributed by atoms with Crippen LogP contribution in [-0.2, 0) is 15.1 Å². The third-order valence-electron chi connectivity index (χ3n) is 5.00. The van der Waals surface area contributed by atoms with Crippen LogP contribution in [0, 0.1) is 5.92 Å². The highest BCUT2D eigenvalue weighted by Gasteiger charge is 2.48. The lowest BCUT2D eigenvalue weighted by Crippen LogP contribution is -2.47. The molecule has 2 atom stereocenters. The third-order valence-corrected chi connectivity index (χ3v) is 5.00. The normalized spacial score (nSPS) is 24.5. The minimum atomic E-state index is -1.50. The summed E-state index contributed by atoms with van der Waals surface area (Å²) in [6.45, 7) is 1.65. The van der Waals surface area contributed by atoms with Gasteiger partial charge in [-0.15, -0.1) is 12.4 Å². The van der Waals surface area contributed by atoms with Gasteiger partial charge >= 0.3 is 5.97 Å². The summed E-state index contributed by atoms with van der Waals surface area (Å²) in [4.78, 5) is 12.8. The molecule has 0 aromatic heterocycles. The summed E-state index contributed by atoms with van der Waals surface area (Å²) < 4.78 is 5.67. The van der Waals surface area contributed by atoms with Crippen LogP contribution in [0.1, 0.15) is 44.1 Å². The van der Waals surface area contributed by atoms with E-state index in [9.17, 15) is 9.90 Å². The molecule has 0 spiro atoms. The van der Waals surface area contributed by atoms with Crippen LogP contribution >= 0.6 is 12.4 Å². The van der Waals surface area contributed by atoms with Crippen LogP contribution in [0.15, 0.2) is 30.3 Å². The highest BCUT2D eigenvalue weighted by atomic mass is 35.5.